The molecule has 0 saturated carbocycles. The first-order valence-corrected chi connectivity index (χ1v) is 5.99. The quantitative estimate of drug-likeness (QED) is 0.847. The van der Waals surface area contributed by atoms with Crippen molar-refractivity contribution in [3.63, 3.8) is 0 Å². The van der Waals surface area contributed by atoms with Crippen molar-refractivity contribution in [2.75, 3.05) is 6.61 Å². The Morgan fingerprint density at radius 2 is 2.18 bits per heavy atom. The number of aromatic nitrogens is 1. The molecule has 0 saturated heterocycles. The Kier molecular flexibility index (Phi) is 4.90. The van der Waals surface area contributed by atoms with Crippen molar-refractivity contribution in [2.45, 2.75) is 32.2 Å². The van der Waals surface area contributed by atoms with Gasteiger partial charge in [0.1, 0.15) is 5.69 Å². The zero-order valence-corrected chi connectivity index (χ0v) is 10.8. The van der Waals surface area contributed by atoms with E-state index in [2.05, 4.69) is 10.3 Å². The maximum atomic E-state index is 11.9. The Balaban J connectivity index is 2.84. The number of carbonyl (C=O) groups excluding carboxylic acids is 1. The van der Waals surface area contributed by atoms with E-state index >= 15 is 0 Å². The first-order valence-electron chi connectivity index (χ1n) is 5.62. The van der Waals surface area contributed by atoms with E-state index < -0.39 is 5.54 Å². The van der Waals surface area contributed by atoms with Gasteiger partial charge in [-0.1, -0.05) is 25.4 Å². The number of amides is 1. The third kappa shape index (κ3) is 3.41. The minimum Gasteiger partial charge on any atom is -0.394 e. The molecule has 4 nitrogen and oxygen atoms in total. The van der Waals surface area contributed by atoms with Gasteiger partial charge in [-0.3, -0.25) is 9.78 Å². The molecule has 0 fully saturated rings. The average molecular weight is 257 g/mol. The van der Waals surface area contributed by atoms with E-state index in [-0.39, 0.29) is 18.2 Å². The predicted octanol–water partition coefficient (Wildman–Crippen LogP) is 2.02. The number of nitrogens with one attached hydrogen (secondary N) is 1. The third-order valence-electron chi connectivity index (χ3n) is 2.99. The summed E-state index contributed by atoms with van der Waals surface area (Å²) in [6.07, 6.45) is 2.80. The molecule has 0 unspecified atom stereocenters. The number of carbonyl (C=O) groups is 1. The van der Waals surface area contributed by atoms with Crippen molar-refractivity contribution in [1.29, 1.82) is 0 Å². The van der Waals surface area contributed by atoms with Gasteiger partial charge in [-0.15, -0.1) is 0 Å². The molecule has 0 atom stereocenters. The number of rotatable bonds is 5. The number of hydrogen-bond donors (Lipinski definition) is 2. The lowest BCUT2D eigenvalue weighted by Gasteiger charge is -2.30. The molecule has 0 aliphatic rings. The van der Waals surface area contributed by atoms with Crippen LogP contribution >= 0.6 is 11.6 Å². The van der Waals surface area contributed by atoms with Gasteiger partial charge < -0.3 is 10.4 Å². The summed E-state index contributed by atoms with van der Waals surface area (Å²) in [5, 5.41) is 12.6. The zero-order chi connectivity index (χ0) is 12.9. The van der Waals surface area contributed by atoms with E-state index in [0.29, 0.717) is 17.9 Å². The zero-order valence-electron chi connectivity index (χ0n) is 10.0. The number of aliphatic hydroxyl groups excluding tert-OH is 1. The number of nitrogens with zero attached hydrogens (tertiary/aromatic N) is 1. The van der Waals surface area contributed by atoms with Crippen LogP contribution in [0.4, 0.5) is 0 Å². The fourth-order valence-electron chi connectivity index (χ4n) is 1.52. The van der Waals surface area contributed by atoms with Crippen LogP contribution in [0, 0.1) is 0 Å². The maximum Gasteiger partial charge on any atom is 0.270 e. The van der Waals surface area contributed by atoms with E-state index in [1.165, 1.54) is 12.3 Å². The van der Waals surface area contributed by atoms with Crippen LogP contribution in [0.15, 0.2) is 18.3 Å². The normalized spacial score (nSPS) is 11.3. The van der Waals surface area contributed by atoms with Crippen LogP contribution in [0.3, 0.4) is 0 Å². The Bertz CT molecular complexity index is 384. The highest BCUT2D eigenvalue weighted by atomic mass is 35.5. The maximum absolute atomic E-state index is 11.9. The summed E-state index contributed by atoms with van der Waals surface area (Å²) in [7, 11) is 0. The monoisotopic (exact) mass is 256 g/mol. The molecule has 1 aromatic heterocycles. The largest absolute Gasteiger partial charge is 0.394 e. The molecule has 0 spiro atoms. The van der Waals surface area contributed by atoms with Crippen LogP contribution in [-0.2, 0) is 0 Å². The summed E-state index contributed by atoms with van der Waals surface area (Å²) >= 11 is 5.79. The van der Waals surface area contributed by atoms with E-state index in [1.807, 2.05) is 13.8 Å². The van der Waals surface area contributed by atoms with Gasteiger partial charge in [-0.25, -0.2) is 0 Å². The van der Waals surface area contributed by atoms with E-state index in [9.17, 15) is 9.90 Å². The predicted molar refractivity (Wildman–Crippen MR) is 67.1 cm³/mol. The van der Waals surface area contributed by atoms with Gasteiger partial charge in [-0.05, 0) is 25.0 Å². The van der Waals surface area contributed by atoms with Crippen LogP contribution in [0.5, 0.6) is 0 Å². The topological polar surface area (TPSA) is 62.2 Å². The van der Waals surface area contributed by atoms with E-state index in [4.69, 9.17) is 11.6 Å². The van der Waals surface area contributed by atoms with E-state index in [1.54, 1.807) is 6.07 Å². The molecule has 0 bridgehead atoms. The highest BCUT2D eigenvalue weighted by Gasteiger charge is 2.27. The summed E-state index contributed by atoms with van der Waals surface area (Å²) < 4.78 is 0. The van der Waals surface area contributed by atoms with Gasteiger partial charge in [0.15, 0.2) is 0 Å². The molecule has 5 heteroatoms. The Labute approximate surface area is 106 Å². The molecule has 0 aliphatic heterocycles. The van der Waals surface area contributed by atoms with Crippen LogP contribution in [-0.4, -0.2) is 28.1 Å². The van der Waals surface area contributed by atoms with Crippen molar-refractivity contribution in [3.8, 4) is 0 Å². The summed E-state index contributed by atoms with van der Waals surface area (Å²) in [4.78, 5) is 15.9. The average Bonchev–Trinajstić information content (AvgIpc) is 2.36. The lowest BCUT2D eigenvalue weighted by molar-refractivity contribution is 0.0813. The third-order valence-corrected chi connectivity index (χ3v) is 3.22. The Morgan fingerprint density at radius 3 is 2.65 bits per heavy atom. The number of halogens is 1. The molecule has 0 radical (unpaired) electrons. The van der Waals surface area contributed by atoms with Crippen molar-refractivity contribution in [2.24, 2.45) is 0 Å². The van der Waals surface area contributed by atoms with Crippen molar-refractivity contribution >= 4 is 17.5 Å². The van der Waals surface area contributed by atoms with E-state index in [0.717, 1.165) is 0 Å². The molecule has 94 valence electrons. The van der Waals surface area contributed by atoms with Crippen LogP contribution in [0.25, 0.3) is 0 Å². The summed E-state index contributed by atoms with van der Waals surface area (Å²) in [6.45, 7) is 3.75. The first kappa shape index (κ1) is 13.9. The second-order valence-electron chi connectivity index (χ2n) is 3.96. The summed E-state index contributed by atoms with van der Waals surface area (Å²) in [5.74, 6) is -0.315. The minimum atomic E-state index is -0.582. The number of aliphatic hydroxyl groups is 1. The Hall–Kier alpha value is -1.13. The van der Waals surface area contributed by atoms with Crippen molar-refractivity contribution in [3.05, 3.63) is 29.0 Å². The highest BCUT2D eigenvalue weighted by molar-refractivity contribution is 6.30. The van der Waals surface area contributed by atoms with Crippen molar-refractivity contribution < 1.29 is 9.90 Å². The van der Waals surface area contributed by atoms with Gasteiger partial charge in [0.2, 0.25) is 0 Å². The molecule has 0 aromatic carbocycles. The second kappa shape index (κ2) is 5.98. The molecular formula is C12H17ClN2O2. The second-order valence-corrected chi connectivity index (χ2v) is 4.40. The van der Waals surface area contributed by atoms with Gasteiger partial charge in [0, 0.05) is 11.2 Å². The van der Waals surface area contributed by atoms with Gasteiger partial charge in [0.05, 0.1) is 12.1 Å². The lowest BCUT2D eigenvalue weighted by atomic mass is 9.93. The fraction of sp³-hybridized carbons (Fsp3) is 0.500. The van der Waals surface area contributed by atoms with Crippen molar-refractivity contribution in [1.82, 2.24) is 10.3 Å². The molecule has 2 N–H and O–H groups in total. The van der Waals surface area contributed by atoms with Gasteiger partial charge >= 0.3 is 0 Å². The SMILES string of the molecule is CCC(CC)(CO)NC(=O)c1cc(Cl)ccn1. The first-order chi connectivity index (χ1) is 8.06. The summed E-state index contributed by atoms with van der Waals surface area (Å²) in [5.41, 5.74) is -0.321. The highest BCUT2D eigenvalue weighted by Crippen LogP contribution is 2.15. The molecule has 0 aliphatic carbocycles. The molecule has 1 rings (SSSR count). The molecular weight excluding hydrogens is 240 g/mol. The molecule has 1 aromatic rings. The lowest BCUT2D eigenvalue weighted by Crippen LogP contribution is -2.50. The van der Waals surface area contributed by atoms with Gasteiger partial charge in [0.25, 0.3) is 5.91 Å². The van der Waals surface area contributed by atoms with Gasteiger partial charge in [-0.2, -0.15) is 0 Å². The standard InChI is InChI=1S/C12H17ClN2O2/c1-3-12(4-2,8-16)15-11(17)10-7-9(13)5-6-14-10/h5-7,16H,3-4,8H2,1-2H3,(H,15,17). The van der Waals surface area contributed by atoms with Crippen LogP contribution < -0.4 is 5.32 Å². The van der Waals surface area contributed by atoms with Crippen LogP contribution in [0.1, 0.15) is 37.2 Å². The smallest absolute Gasteiger partial charge is 0.270 e. The van der Waals surface area contributed by atoms with Crippen LogP contribution in [0.2, 0.25) is 5.02 Å². The molecule has 1 heterocycles. The fourth-order valence-corrected chi connectivity index (χ4v) is 1.68. The summed E-state index contributed by atoms with van der Waals surface area (Å²) in [6, 6.07) is 3.11. The number of pyridine rings is 1. The minimum absolute atomic E-state index is 0.0910. The molecule has 17 heavy (non-hydrogen) atoms. The Morgan fingerprint density at radius 1 is 1.53 bits per heavy atom. The molecule has 1 amide bonds. The number of hydrogen-bond acceptors (Lipinski definition) is 3.